The number of nitrogens with two attached hydrogens (primary N) is 1. The van der Waals surface area contributed by atoms with Gasteiger partial charge in [-0.1, -0.05) is 18.2 Å². The summed E-state index contributed by atoms with van der Waals surface area (Å²) < 4.78 is 11.1. The number of para-hydroxylation sites is 1. The van der Waals surface area contributed by atoms with Gasteiger partial charge in [0.2, 0.25) is 11.6 Å². The van der Waals surface area contributed by atoms with Crippen molar-refractivity contribution in [2.45, 2.75) is 26.3 Å². The molecular formula is C20H25N9O4. The van der Waals surface area contributed by atoms with Gasteiger partial charge >= 0.3 is 0 Å². The van der Waals surface area contributed by atoms with Crippen LogP contribution in [0.3, 0.4) is 0 Å². The van der Waals surface area contributed by atoms with E-state index in [1.165, 1.54) is 18.0 Å². The number of hydrogen-bond donors (Lipinski definition) is 3. The van der Waals surface area contributed by atoms with E-state index >= 15 is 0 Å². The zero-order valence-electron chi connectivity index (χ0n) is 18.3. The number of hydrogen-bond acceptors (Lipinski definition) is 11. The molecular weight excluding hydrogens is 430 g/mol. The molecule has 1 aliphatic rings. The number of phenols is 1. The molecule has 3 heterocycles. The molecule has 1 saturated heterocycles. The summed E-state index contributed by atoms with van der Waals surface area (Å²) in [5, 5.41) is 29.5. The van der Waals surface area contributed by atoms with Crippen molar-refractivity contribution in [3.63, 3.8) is 0 Å². The second kappa shape index (κ2) is 9.65. The van der Waals surface area contributed by atoms with Crippen LogP contribution in [-0.2, 0) is 6.54 Å². The van der Waals surface area contributed by atoms with Gasteiger partial charge < -0.3 is 15.6 Å². The fourth-order valence-corrected chi connectivity index (χ4v) is 3.58. The number of rotatable bonds is 7. The minimum absolute atomic E-state index is 0.0342. The maximum Gasteiger partial charge on any atom is 0.293 e. The highest BCUT2D eigenvalue weighted by Gasteiger charge is 2.26. The number of carbonyl (C=O) groups excluding carboxylic acids is 1. The Morgan fingerprint density at radius 1 is 1.39 bits per heavy atom. The number of nitrogens with zero attached hydrogens (tertiary/aromatic N) is 7. The lowest BCUT2D eigenvalue weighted by Crippen LogP contribution is -2.34. The number of benzene rings is 1. The zero-order valence-corrected chi connectivity index (χ0v) is 18.3. The largest absolute Gasteiger partial charge is 0.504 e. The van der Waals surface area contributed by atoms with Crippen LogP contribution >= 0.6 is 0 Å². The third kappa shape index (κ3) is 4.77. The van der Waals surface area contributed by atoms with Crippen molar-refractivity contribution >= 4 is 17.9 Å². The smallest absolute Gasteiger partial charge is 0.293 e. The number of amides is 1. The van der Waals surface area contributed by atoms with Crippen LogP contribution in [0.4, 0.5) is 5.82 Å². The van der Waals surface area contributed by atoms with Crippen LogP contribution in [0.5, 0.6) is 11.5 Å². The zero-order chi connectivity index (χ0) is 23.4. The van der Waals surface area contributed by atoms with E-state index in [0.29, 0.717) is 29.5 Å². The molecule has 3 aromatic rings. The molecule has 33 heavy (non-hydrogen) atoms. The van der Waals surface area contributed by atoms with Crippen molar-refractivity contribution in [2.75, 3.05) is 25.9 Å². The lowest BCUT2D eigenvalue weighted by molar-refractivity contribution is 0.0946. The van der Waals surface area contributed by atoms with Gasteiger partial charge in [-0.25, -0.2) is 10.1 Å². The molecule has 13 nitrogen and oxygen atoms in total. The molecule has 0 spiro atoms. The SMILES string of the molecule is COc1cccc(/C=N\NC(=O)c2nnn(-c3nonc3N)c2CN2CCC(C)CC2)c1O. The molecule has 13 heteroatoms. The summed E-state index contributed by atoms with van der Waals surface area (Å²) in [4.78, 5) is 15.1. The number of ether oxygens (including phenoxy) is 1. The molecule has 1 aromatic carbocycles. The number of anilines is 1. The van der Waals surface area contributed by atoms with Crippen molar-refractivity contribution in [1.82, 2.24) is 35.6 Å². The number of piperidine rings is 1. The second-order valence-corrected chi connectivity index (χ2v) is 7.83. The molecule has 174 valence electrons. The first kappa shape index (κ1) is 22.2. The van der Waals surface area contributed by atoms with E-state index in [0.717, 1.165) is 25.9 Å². The van der Waals surface area contributed by atoms with E-state index in [2.05, 4.69) is 47.6 Å². The molecule has 1 amide bonds. The molecule has 0 saturated carbocycles. The Hall–Kier alpha value is -4.00. The maximum absolute atomic E-state index is 12.9. The van der Waals surface area contributed by atoms with Crippen molar-refractivity contribution in [3.05, 3.63) is 35.2 Å². The maximum atomic E-state index is 12.9. The average Bonchev–Trinajstić information content (AvgIpc) is 3.42. The molecule has 0 atom stereocenters. The Labute approximate surface area is 189 Å². The predicted molar refractivity (Wildman–Crippen MR) is 117 cm³/mol. The summed E-state index contributed by atoms with van der Waals surface area (Å²) in [6.07, 6.45) is 3.43. The van der Waals surface area contributed by atoms with Gasteiger partial charge in [0.15, 0.2) is 17.2 Å². The van der Waals surface area contributed by atoms with Gasteiger partial charge in [0.25, 0.3) is 5.91 Å². The number of nitrogens with one attached hydrogen (secondary N) is 1. The van der Waals surface area contributed by atoms with Gasteiger partial charge in [-0.3, -0.25) is 9.69 Å². The van der Waals surface area contributed by atoms with E-state index in [9.17, 15) is 9.90 Å². The Balaban J connectivity index is 1.57. The van der Waals surface area contributed by atoms with Gasteiger partial charge in [0.05, 0.1) is 19.0 Å². The van der Waals surface area contributed by atoms with Crippen molar-refractivity contribution in [3.8, 4) is 17.3 Å². The summed E-state index contributed by atoms with van der Waals surface area (Å²) >= 11 is 0. The lowest BCUT2D eigenvalue weighted by Gasteiger charge is -2.30. The Morgan fingerprint density at radius 3 is 2.88 bits per heavy atom. The van der Waals surface area contributed by atoms with E-state index < -0.39 is 5.91 Å². The van der Waals surface area contributed by atoms with Crippen molar-refractivity contribution in [1.29, 1.82) is 0 Å². The van der Waals surface area contributed by atoms with Gasteiger partial charge in [-0.15, -0.1) is 5.10 Å². The fraction of sp³-hybridized carbons (Fsp3) is 0.400. The highest BCUT2D eigenvalue weighted by molar-refractivity contribution is 5.94. The Kier molecular flexibility index (Phi) is 6.49. The molecule has 4 N–H and O–H groups in total. The summed E-state index contributed by atoms with van der Waals surface area (Å²) in [6.45, 7) is 4.40. The number of carbonyl (C=O) groups is 1. The number of methoxy groups -OCH3 is 1. The molecule has 0 unspecified atom stereocenters. The number of phenolic OH excluding ortho intramolecular Hbond substituents is 1. The fourth-order valence-electron chi connectivity index (χ4n) is 3.58. The first-order valence-corrected chi connectivity index (χ1v) is 10.4. The highest BCUT2D eigenvalue weighted by Crippen LogP contribution is 2.28. The van der Waals surface area contributed by atoms with Crippen molar-refractivity contribution in [2.24, 2.45) is 11.0 Å². The van der Waals surface area contributed by atoms with Gasteiger partial charge in [0.1, 0.15) is 0 Å². The number of likely N-dealkylation sites (tertiary alicyclic amines) is 1. The molecule has 0 aliphatic carbocycles. The quantitative estimate of drug-likeness (QED) is 0.344. The molecule has 0 bridgehead atoms. The van der Waals surface area contributed by atoms with Gasteiger partial charge in [-0.2, -0.15) is 9.78 Å². The van der Waals surface area contributed by atoms with Crippen LogP contribution in [0.1, 0.15) is 41.5 Å². The van der Waals surface area contributed by atoms with Gasteiger partial charge in [0, 0.05) is 12.1 Å². The summed E-state index contributed by atoms with van der Waals surface area (Å²) in [7, 11) is 1.45. The Bertz CT molecular complexity index is 1150. The molecule has 0 radical (unpaired) electrons. The summed E-state index contributed by atoms with van der Waals surface area (Å²) in [5.41, 5.74) is 9.20. The summed E-state index contributed by atoms with van der Waals surface area (Å²) in [5.74, 6) is 0.488. The molecule has 2 aromatic heterocycles. The van der Waals surface area contributed by atoms with Gasteiger partial charge in [-0.05, 0) is 54.3 Å². The monoisotopic (exact) mass is 455 g/mol. The van der Waals surface area contributed by atoms with Crippen molar-refractivity contribution < 1.29 is 19.3 Å². The normalized spacial score (nSPS) is 15.2. The third-order valence-corrected chi connectivity index (χ3v) is 5.54. The minimum atomic E-state index is -0.574. The average molecular weight is 455 g/mol. The van der Waals surface area contributed by atoms with E-state index in [1.54, 1.807) is 18.2 Å². The number of nitrogen functional groups attached to an aromatic ring is 1. The predicted octanol–water partition coefficient (Wildman–Crippen LogP) is 0.942. The second-order valence-electron chi connectivity index (χ2n) is 7.83. The van der Waals surface area contributed by atoms with E-state index in [4.69, 9.17) is 10.5 Å². The lowest BCUT2D eigenvalue weighted by atomic mass is 9.99. The van der Waals surface area contributed by atoms with Crippen LogP contribution in [-0.4, -0.2) is 67.6 Å². The first-order valence-electron chi connectivity index (χ1n) is 10.4. The topological polar surface area (TPSA) is 170 Å². The highest BCUT2D eigenvalue weighted by atomic mass is 16.6. The molecule has 1 aliphatic heterocycles. The van der Waals surface area contributed by atoms with E-state index in [-0.39, 0.29) is 23.1 Å². The Morgan fingerprint density at radius 2 is 2.18 bits per heavy atom. The first-order chi connectivity index (χ1) is 16.0. The number of hydrazone groups is 1. The molecule has 1 fully saturated rings. The van der Waals surface area contributed by atoms with Crippen LogP contribution < -0.4 is 15.9 Å². The third-order valence-electron chi connectivity index (χ3n) is 5.54. The standard InChI is InChI=1S/C20H25N9O4/c1-12-6-8-28(9-7-12)11-14-16(23-27-29(14)19-18(21)25-33-26-19)20(31)24-22-10-13-4-3-5-15(32-2)17(13)30/h3-5,10,12,30H,6-9,11H2,1-2H3,(H2,21,25)(H,24,31)/b22-10-. The minimum Gasteiger partial charge on any atom is -0.504 e. The van der Waals surface area contributed by atoms with Crippen LogP contribution in [0, 0.1) is 5.92 Å². The van der Waals surface area contributed by atoms with Crippen LogP contribution in [0.15, 0.2) is 27.9 Å². The number of aromatic nitrogens is 5. The molecule has 4 rings (SSSR count). The summed E-state index contributed by atoms with van der Waals surface area (Å²) in [6, 6.07) is 4.94. The van der Waals surface area contributed by atoms with E-state index in [1.807, 2.05) is 0 Å². The number of aromatic hydroxyl groups is 1. The van der Waals surface area contributed by atoms with Crippen LogP contribution in [0.2, 0.25) is 0 Å². The van der Waals surface area contributed by atoms with Crippen LogP contribution in [0.25, 0.3) is 5.82 Å².